The molecule has 4 rings (SSSR count). The molecule has 0 spiro atoms. The molecule has 2 atom stereocenters. The van der Waals surface area contributed by atoms with Crippen molar-refractivity contribution in [2.75, 3.05) is 33.3 Å². The molecular formula is C25H32N4O3. The van der Waals surface area contributed by atoms with Crippen LogP contribution in [0.25, 0.3) is 0 Å². The molecule has 2 aromatic rings. The van der Waals surface area contributed by atoms with Crippen molar-refractivity contribution in [2.24, 2.45) is 0 Å². The fraction of sp³-hybridized carbons (Fsp3) is 0.440. The molecule has 0 aromatic heterocycles. The van der Waals surface area contributed by atoms with Gasteiger partial charge in [-0.25, -0.2) is 10.9 Å². The van der Waals surface area contributed by atoms with Crippen molar-refractivity contribution in [3.8, 4) is 5.75 Å². The van der Waals surface area contributed by atoms with E-state index in [0.717, 1.165) is 17.7 Å². The van der Waals surface area contributed by atoms with E-state index >= 15 is 0 Å². The molecule has 7 heteroatoms. The third-order valence-corrected chi connectivity index (χ3v) is 6.59. The SMILES string of the molecule is COc1ccc(CC(=O)N2CCN(C(=O)C3CC(c4ccc(C)c(C)c4)NN3)CC2)cc1. The summed E-state index contributed by atoms with van der Waals surface area (Å²) >= 11 is 0. The van der Waals surface area contributed by atoms with Crippen LogP contribution in [0.3, 0.4) is 0 Å². The summed E-state index contributed by atoms with van der Waals surface area (Å²) in [5.41, 5.74) is 11.2. The van der Waals surface area contributed by atoms with Gasteiger partial charge < -0.3 is 14.5 Å². The van der Waals surface area contributed by atoms with Crippen molar-refractivity contribution in [2.45, 2.75) is 38.8 Å². The van der Waals surface area contributed by atoms with Crippen molar-refractivity contribution in [1.82, 2.24) is 20.7 Å². The summed E-state index contributed by atoms with van der Waals surface area (Å²) < 4.78 is 5.17. The van der Waals surface area contributed by atoms with Crippen LogP contribution in [0.1, 0.15) is 34.7 Å². The molecule has 2 saturated heterocycles. The van der Waals surface area contributed by atoms with Gasteiger partial charge in [0.2, 0.25) is 11.8 Å². The molecule has 0 bridgehead atoms. The average Bonchev–Trinajstić information content (AvgIpc) is 3.31. The molecule has 2 unspecified atom stereocenters. The maximum Gasteiger partial charge on any atom is 0.241 e. The monoisotopic (exact) mass is 436 g/mol. The highest BCUT2D eigenvalue weighted by Gasteiger charge is 2.34. The lowest BCUT2D eigenvalue weighted by Gasteiger charge is -2.36. The van der Waals surface area contributed by atoms with Crippen LogP contribution in [-0.2, 0) is 16.0 Å². The lowest BCUT2D eigenvalue weighted by Crippen LogP contribution is -2.54. The number of piperazine rings is 1. The third-order valence-electron chi connectivity index (χ3n) is 6.59. The summed E-state index contributed by atoms with van der Waals surface area (Å²) in [6.45, 7) is 6.49. The van der Waals surface area contributed by atoms with E-state index in [-0.39, 0.29) is 23.9 Å². The standard InChI is InChI=1S/C25H32N4O3/c1-17-4-7-20(14-18(17)2)22-16-23(27-26-22)25(31)29-12-10-28(11-13-29)24(30)15-19-5-8-21(32-3)9-6-19/h4-9,14,22-23,26-27H,10-13,15-16H2,1-3H3. The largest absolute Gasteiger partial charge is 0.497 e. The van der Waals surface area contributed by atoms with E-state index in [1.807, 2.05) is 34.1 Å². The number of hydrazine groups is 1. The van der Waals surface area contributed by atoms with Gasteiger partial charge in [0.05, 0.1) is 13.5 Å². The van der Waals surface area contributed by atoms with Gasteiger partial charge in [-0.3, -0.25) is 9.59 Å². The quantitative estimate of drug-likeness (QED) is 0.751. The zero-order chi connectivity index (χ0) is 22.7. The number of hydrogen-bond donors (Lipinski definition) is 2. The number of nitrogens with zero attached hydrogens (tertiary/aromatic N) is 2. The summed E-state index contributed by atoms with van der Waals surface area (Å²) in [5.74, 6) is 0.979. The number of hydrogen-bond acceptors (Lipinski definition) is 5. The number of carbonyl (C=O) groups excluding carboxylic acids is 2. The summed E-state index contributed by atoms with van der Waals surface area (Å²) in [6.07, 6.45) is 1.08. The number of nitrogens with one attached hydrogen (secondary N) is 2. The van der Waals surface area contributed by atoms with Crippen molar-refractivity contribution in [1.29, 1.82) is 0 Å². The Labute approximate surface area is 189 Å². The first-order chi connectivity index (χ1) is 15.4. The minimum absolute atomic E-state index is 0.0951. The second kappa shape index (κ2) is 9.71. The number of benzene rings is 2. The van der Waals surface area contributed by atoms with Crippen LogP contribution in [0.15, 0.2) is 42.5 Å². The van der Waals surface area contributed by atoms with Gasteiger partial charge in [-0.2, -0.15) is 0 Å². The first kappa shape index (κ1) is 22.3. The van der Waals surface area contributed by atoms with Gasteiger partial charge in [0.1, 0.15) is 11.8 Å². The molecule has 0 aliphatic carbocycles. The molecule has 2 amide bonds. The van der Waals surface area contributed by atoms with E-state index in [1.165, 1.54) is 16.7 Å². The van der Waals surface area contributed by atoms with Gasteiger partial charge in [-0.05, 0) is 54.7 Å². The van der Waals surface area contributed by atoms with Gasteiger partial charge in [-0.1, -0.05) is 30.3 Å². The Morgan fingerprint density at radius 3 is 2.28 bits per heavy atom. The fourth-order valence-corrected chi connectivity index (χ4v) is 4.34. The Morgan fingerprint density at radius 1 is 0.938 bits per heavy atom. The van der Waals surface area contributed by atoms with Crippen LogP contribution < -0.4 is 15.6 Å². The number of rotatable bonds is 5. The van der Waals surface area contributed by atoms with Crippen molar-refractivity contribution in [3.63, 3.8) is 0 Å². The van der Waals surface area contributed by atoms with Crippen LogP contribution in [0, 0.1) is 13.8 Å². The number of amides is 2. The molecule has 7 nitrogen and oxygen atoms in total. The molecule has 2 aromatic carbocycles. The Kier molecular flexibility index (Phi) is 6.77. The van der Waals surface area contributed by atoms with Gasteiger partial charge >= 0.3 is 0 Å². The van der Waals surface area contributed by atoms with Crippen LogP contribution >= 0.6 is 0 Å². The lowest BCUT2D eigenvalue weighted by molar-refractivity contribution is -0.140. The smallest absolute Gasteiger partial charge is 0.241 e. The van der Waals surface area contributed by atoms with Crippen LogP contribution in [0.2, 0.25) is 0 Å². The second-order valence-corrected chi connectivity index (χ2v) is 8.70. The highest BCUT2D eigenvalue weighted by atomic mass is 16.5. The molecule has 2 aliphatic heterocycles. The molecule has 0 radical (unpaired) electrons. The Bertz CT molecular complexity index is 968. The topological polar surface area (TPSA) is 73.9 Å². The number of ether oxygens (including phenoxy) is 1. The van der Waals surface area contributed by atoms with Gasteiger partial charge in [0.25, 0.3) is 0 Å². The Morgan fingerprint density at radius 2 is 1.62 bits per heavy atom. The van der Waals surface area contributed by atoms with Gasteiger partial charge in [0.15, 0.2) is 0 Å². The summed E-state index contributed by atoms with van der Waals surface area (Å²) in [6, 6.07) is 13.9. The molecule has 0 saturated carbocycles. The maximum atomic E-state index is 13.0. The first-order valence-electron chi connectivity index (χ1n) is 11.2. The van der Waals surface area contributed by atoms with E-state index in [1.54, 1.807) is 7.11 Å². The second-order valence-electron chi connectivity index (χ2n) is 8.70. The number of carbonyl (C=O) groups is 2. The molecule has 2 fully saturated rings. The molecule has 2 N–H and O–H groups in total. The van der Waals surface area contributed by atoms with Crippen LogP contribution in [0.5, 0.6) is 5.75 Å². The fourth-order valence-electron chi connectivity index (χ4n) is 4.34. The van der Waals surface area contributed by atoms with Crippen molar-refractivity contribution < 1.29 is 14.3 Å². The van der Waals surface area contributed by atoms with E-state index in [2.05, 4.69) is 42.9 Å². The Balaban J connectivity index is 1.27. The number of aryl methyl sites for hydroxylation is 2. The average molecular weight is 437 g/mol. The van der Waals surface area contributed by atoms with Crippen molar-refractivity contribution in [3.05, 3.63) is 64.7 Å². The highest BCUT2D eigenvalue weighted by Crippen LogP contribution is 2.25. The minimum Gasteiger partial charge on any atom is -0.497 e. The molecule has 170 valence electrons. The van der Waals surface area contributed by atoms with E-state index in [4.69, 9.17) is 4.74 Å². The van der Waals surface area contributed by atoms with E-state index in [9.17, 15) is 9.59 Å². The van der Waals surface area contributed by atoms with E-state index in [0.29, 0.717) is 32.6 Å². The van der Waals surface area contributed by atoms with Crippen molar-refractivity contribution >= 4 is 11.8 Å². The highest BCUT2D eigenvalue weighted by molar-refractivity contribution is 5.83. The molecule has 2 aliphatic rings. The molecular weight excluding hydrogens is 404 g/mol. The summed E-state index contributed by atoms with van der Waals surface area (Å²) in [5, 5.41) is 0. The van der Waals surface area contributed by atoms with Gasteiger partial charge in [0, 0.05) is 32.2 Å². The zero-order valence-corrected chi connectivity index (χ0v) is 19.1. The van der Waals surface area contributed by atoms with Crippen LogP contribution in [-0.4, -0.2) is 60.9 Å². The van der Waals surface area contributed by atoms with E-state index < -0.39 is 0 Å². The first-order valence-corrected chi connectivity index (χ1v) is 11.2. The minimum atomic E-state index is -0.247. The molecule has 32 heavy (non-hydrogen) atoms. The predicted octanol–water partition coefficient (Wildman–Crippen LogP) is 2.13. The lowest BCUT2D eigenvalue weighted by atomic mass is 9.98. The predicted molar refractivity (Wildman–Crippen MR) is 123 cm³/mol. The maximum absolute atomic E-state index is 13.0. The van der Waals surface area contributed by atoms with Crippen LogP contribution in [0.4, 0.5) is 0 Å². The third kappa shape index (κ3) is 4.95. The Hall–Kier alpha value is -2.90. The number of methoxy groups -OCH3 is 1. The summed E-state index contributed by atoms with van der Waals surface area (Å²) in [7, 11) is 1.63. The van der Waals surface area contributed by atoms with Gasteiger partial charge in [-0.15, -0.1) is 0 Å². The summed E-state index contributed by atoms with van der Waals surface area (Å²) in [4.78, 5) is 29.4. The normalized spacial score (nSPS) is 21.0. The zero-order valence-electron chi connectivity index (χ0n) is 19.1. The molecule has 2 heterocycles.